The van der Waals surface area contributed by atoms with E-state index in [2.05, 4.69) is 36.2 Å². The number of carboxylic acid groups (broad SMARTS) is 1. The zero-order valence-electron chi connectivity index (χ0n) is 15.1. The van der Waals surface area contributed by atoms with Crippen LogP contribution in [-0.2, 0) is 4.79 Å². The van der Waals surface area contributed by atoms with Crippen molar-refractivity contribution >= 4 is 27.9 Å². The molecule has 1 aliphatic heterocycles. The first-order chi connectivity index (χ1) is 12.9. The van der Waals surface area contributed by atoms with Gasteiger partial charge in [-0.25, -0.2) is 14.8 Å². The van der Waals surface area contributed by atoms with E-state index in [0.717, 1.165) is 28.7 Å². The van der Waals surface area contributed by atoms with E-state index in [-0.39, 0.29) is 17.9 Å². The van der Waals surface area contributed by atoms with Crippen LogP contribution in [0.4, 0.5) is 4.79 Å². The van der Waals surface area contributed by atoms with Crippen molar-refractivity contribution in [2.45, 2.75) is 38.8 Å². The van der Waals surface area contributed by atoms with Crippen LogP contribution in [0, 0.1) is 5.92 Å². The summed E-state index contributed by atoms with van der Waals surface area (Å²) >= 11 is 3.31. The molecule has 0 aromatic carbocycles. The number of amides is 2. The summed E-state index contributed by atoms with van der Waals surface area (Å²) in [7, 11) is 0. The molecule has 3 rings (SSSR count). The van der Waals surface area contributed by atoms with Gasteiger partial charge in [0.2, 0.25) is 5.91 Å². The number of halogens is 1. The minimum Gasteiger partial charge on any atom is -0.465 e. The van der Waals surface area contributed by atoms with Crippen molar-refractivity contribution in [3.63, 3.8) is 0 Å². The summed E-state index contributed by atoms with van der Waals surface area (Å²) in [5.74, 6) is 0.352. The van der Waals surface area contributed by atoms with E-state index >= 15 is 0 Å². The van der Waals surface area contributed by atoms with Crippen LogP contribution < -0.4 is 5.32 Å². The minimum absolute atomic E-state index is 0.143. The number of nitrogens with one attached hydrogen (secondary N) is 2. The molecule has 27 heavy (non-hydrogen) atoms. The van der Waals surface area contributed by atoms with Crippen molar-refractivity contribution in [2.75, 3.05) is 6.54 Å². The van der Waals surface area contributed by atoms with Crippen LogP contribution >= 0.6 is 15.9 Å². The van der Waals surface area contributed by atoms with Crippen molar-refractivity contribution in [3.05, 3.63) is 35.0 Å². The highest BCUT2D eigenvalue weighted by Gasteiger charge is 2.37. The molecular formula is C18H22BrN5O3. The third-order valence-electron chi connectivity index (χ3n) is 4.70. The summed E-state index contributed by atoms with van der Waals surface area (Å²) < 4.78 is 0.754. The van der Waals surface area contributed by atoms with Gasteiger partial charge in [0.1, 0.15) is 16.5 Å². The van der Waals surface area contributed by atoms with Crippen molar-refractivity contribution in [1.82, 2.24) is 25.2 Å². The first-order valence-electron chi connectivity index (χ1n) is 8.83. The highest BCUT2D eigenvalue weighted by molar-refractivity contribution is 9.10. The second-order valence-electron chi connectivity index (χ2n) is 6.91. The van der Waals surface area contributed by atoms with Gasteiger partial charge >= 0.3 is 6.09 Å². The van der Waals surface area contributed by atoms with Crippen LogP contribution in [0.15, 0.2) is 29.1 Å². The summed E-state index contributed by atoms with van der Waals surface area (Å²) in [5, 5.41) is 11.4. The Labute approximate surface area is 165 Å². The number of carbonyl (C=O) groups is 2. The molecule has 0 aliphatic carbocycles. The third kappa shape index (κ3) is 4.29. The Kier molecular flexibility index (Phi) is 5.79. The standard InChI is InChI=1S/C18H22BrN5O3/c1-10(2)15(23-18(26)27)17(25)24-7-3-4-13(24)16-21-9-12(22-16)11-5-6-14(19)20-8-11/h5-6,8-10,13,15,23H,3-4,7H2,1-2H3,(H,21,22)(H,26,27)/t13-,15-/m0/s1. The number of hydrogen-bond donors (Lipinski definition) is 3. The van der Waals surface area contributed by atoms with Gasteiger partial charge in [0.15, 0.2) is 0 Å². The summed E-state index contributed by atoms with van der Waals surface area (Å²) in [4.78, 5) is 37.7. The molecule has 1 fully saturated rings. The van der Waals surface area contributed by atoms with Gasteiger partial charge in [-0.1, -0.05) is 13.8 Å². The van der Waals surface area contributed by atoms with E-state index in [4.69, 9.17) is 5.11 Å². The number of carbonyl (C=O) groups excluding carboxylic acids is 1. The van der Waals surface area contributed by atoms with Gasteiger partial charge in [-0.3, -0.25) is 4.79 Å². The summed E-state index contributed by atoms with van der Waals surface area (Å²) in [6, 6.07) is 2.82. The average molecular weight is 436 g/mol. The van der Waals surface area contributed by atoms with Gasteiger partial charge in [0.25, 0.3) is 0 Å². The number of pyridine rings is 1. The first kappa shape index (κ1) is 19.3. The molecule has 0 radical (unpaired) electrons. The number of rotatable bonds is 5. The molecule has 0 saturated carbocycles. The molecular weight excluding hydrogens is 414 g/mol. The van der Waals surface area contributed by atoms with Crippen LogP contribution in [0.25, 0.3) is 11.3 Å². The van der Waals surface area contributed by atoms with Gasteiger partial charge in [-0.2, -0.15) is 0 Å². The molecule has 2 aromatic heterocycles. The molecule has 0 spiro atoms. The molecule has 2 aromatic rings. The molecule has 2 atom stereocenters. The lowest BCUT2D eigenvalue weighted by molar-refractivity contribution is -0.135. The van der Waals surface area contributed by atoms with E-state index in [9.17, 15) is 9.59 Å². The molecule has 0 unspecified atom stereocenters. The number of H-pyrrole nitrogens is 1. The SMILES string of the molecule is CC(C)[C@H](NC(=O)O)C(=O)N1CCC[C@H]1c1ncc(-c2ccc(Br)nc2)[nH]1. The van der Waals surface area contributed by atoms with E-state index < -0.39 is 12.1 Å². The maximum absolute atomic E-state index is 13.0. The Morgan fingerprint density at radius 3 is 2.74 bits per heavy atom. The summed E-state index contributed by atoms with van der Waals surface area (Å²) in [5.41, 5.74) is 1.73. The Morgan fingerprint density at radius 2 is 2.11 bits per heavy atom. The van der Waals surface area contributed by atoms with Crippen LogP contribution in [-0.4, -0.2) is 49.5 Å². The van der Waals surface area contributed by atoms with E-state index in [1.165, 1.54) is 0 Å². The minimum atomic E-state index is -1.19. The van der Waals surface area contributed by atoms with Gasteiger partial charge in [-0.05, 0) is 46.8 Å². The molecule has 3 N–H and O–H groups in total. The van der Waals surface area contributed by atoms with Gasteiger partial charge in [-0.15, -0.1) is 0 Å². The summed E-state index contributed by atoms with van der Waals surface area (Å²) in [6.45, 7) is 4.24. The lowest BCUT2D eigenvalue weighted by atomic mass is 10.0. The number of nitrogens with zero attached hydrogens (tertiary/aromatic N) is 3. The highest BCUT2D eigenvalue weighted by Crippen LogP contribution is 2.32. The number of aromatic nitrogens is 3. The zero-order chi connectivity index (χ0) is 19.6. The lowest BCUT2D eigenvalue weighted by Crippen LogP contribution is -2.50. The fourth-order valence-corrected chi connectivity index (χ4v) is 3.56. The topological polar surface area (TPSA) is 111 Å². The third-order valence-corrected chi connectivity index (χ3v) is 5.17. The van der Waals surface area contributed by atoms with Gasteiger partial charge in [0, 0.05) is 18.3 Å². The molecule has 8 nitrogen and oxygen atoms in total. The van der Waals surface area contributed by atoms with Crippen molar-refractivity contribution in [3.8, 4) is 11.3 Å². The Hall–Kier alpha value is -2.42. The number of aromatic amines is 1. The van der Waals surface area contributed by atoms with E-state index in [1.807, 2.05) is 26.0 Å². The quantitative estimate of drug-likeness (QED) is 0.624. The van der Waals surface area contributed by atoms with E-state index in [1.54, 1.807) is 17.3 Å². The maximum atomic E-state index is 13.0. The fourth-order valence-electron chi connectivity index (χ4n) is 3.33. The maximum Gasteiger partial charge on any atom is 0.405 e. The average Bonchev–Trinajstić information content (AvgIpc) is 3.28. The normalized spacial score (nSPS) is 17.9. The lowest BCUT2D eigenvalue weighted by Gasteiger charge is -2.29. The second-order valence-corrected chi connectivity index (χ2v) is 7.73. The number of hydrogen-bond acceptors (Lipinski definition) is 4. The molecule has 1 aliphatic rings. The predicted octanol–water partition coefficient (Wildman–Crippen LogP) is 3.19. The van der Waals surface area contributed by atoms with Crippen molar-refractivity contribution in [2.24, 2.45) is 5.92 Å². The predicted molar refractivity (Wildman–Crippen MR) is 103 cm³/mol. The molecule has 144 valence electrons. The molecule has 3 heterocycles. The van der Waals surface area contributed by atoms with Crippen LogP contribution in [0.5, 0.6) is 0 Å². The Bertz CT molecular complexity index is 821. The number of imidazole rings is 1. The first-order valence-corrected chi connectivity index (χ1v) is 9.63. The molecule has 9 heteroatoms. The Balaban J connectivity index is 1.81. The summed E-state index contributed by atoms with van der Waals surface area (Å²) in [6.07, 6.45) is 3.92. The molecule has 1 saturated heterocycles. The second kappa shape index (κ2) is 8.08. The van der Waals surface area contributed by atoms with E-state index in [0.29, 0.717) is 12.4 Å². The van der Waals surface area contributed by atoms with Crippen molar-refractivity contribution < 1.29 is 14.7 Å². The van der Waals surface area contributed by atoms with Crippen LogP contribution in [0.1, 0.15) is 38.6 Å². The Morgan fingerprint density at radius 1 is 1.33 bits per heavy atom. The largest absolute Gasteiger partial charge is 0.465 e. The number of likely N-dealkylation sites (tertiary alicyclic amines) is 1. The van der Waals surface area contributed by atoms with Gasteiger partial charge < -0.3 is 20.3 Å². The smallest absolute Gasteiger partial charge is 0.405 e. The van der Waals surface area contributed by atoms with Gasteiger partial charge in [0.05, 0.1) is 17.9 Å². The van der Waals surface area contributed by atoms with Crippen LogP contribution in [0.3, 0.4) is 0 Å². The molecule has 2 amide bonds. The zero-order valence-corrected chi connectivity index (χ0v) is 16.7. The fraction of sp³-hybridized carbons (Fsp3) is 0.444. The van der Waals surface area contributed by atoms with Crippen molar-refractivity contribution in [1.29, 1.82) is 0 Å². The highest BCUT2D eigenvalue weighted by atomic mass is 79.9. The monoisotopic (exact) mass is 435 g/mol. The van der Waals surface area contributed by atoms with Crippen LogP contribution in [0.2, 0.25) is 0 Å². The molecule has 0 bridgehead atoms.